The molecule has 0 fully saturated rings. The zero-order valence-corrected chi connectivity index (χ0v) is 13.3. The highest BCUT2D eigenvalue weighted by atomic mass is 19.4. The number of hydrogen-bond acceptors (Lipinski definition) is 4. The van der Waals surface area contributed by atoms with Gasteiger partial charge in [0.1, 0.15) is 0 Å². The van der Waals surface area contributed by atoms with Gasteiger partial charge in [0, 0.05) is 25.0 Å². The van der Waals surface area contributed by atoms with Crippen LogP contribution in [0.15, 0.2) is 36.5 Å². The van der Waals surface area contributed by atoms with Gasteiger partial charge in [0.05, 0.1) is 23.7 Å². The SMILES string of the molecule is COc1ccc(C(=O)Nc2ccc3c(c2)nc(C(F)(F)F)n3C)cn1. The summed E-state index contributed by atoms with van der Waals surface area (Å²) in [7, 11) is 2.75. The van der Waals surface area contributed by atoms with Crippen molar-refractivity contribution in [1.29, 1.82) is 0 Å². The summed E-state index contributed by atoms with van der Waals surface area (Å²) < 4.78 is 44.6. The molecule has 1 aromatic carbocycles. The van der Waals surface area contributed by atoms with E-state index in [1.165, 1.54) is 50.7 Å². The molecule has 0 unspecified atom stereocenters. The Bertz CT molecular complexity index is 933. The van der Waals surface area contributed by atoms with Crippen LogP contribution in [-0.2, 0) is 13.2 Å². The third-order valence-electron chi connectivity index (χ3n) is 3.60. The van der Waals surface area contributed by atoms with Gasteiger partial charge in [-0.25, -0.2) is 9.97 Å². The number of carbonyl (C=O) groups is 1. The lowest BCUT2D eigenvalue weighted by Crippen LogP contribution is -2.12. The monoisotopic (exact) mass is 350 g/mol. The molecular formula is C16H13F3N4O2. The van der Waals surface area contributed by atoms with Crippen LogP contribution in [0, 0.1) is 0 Å². The Balaban J connectivity index is 1.87. The lowest BCUT2D eigenvalue weighted by molar-refractivity contribution is -0.146. The maximum atomic E-state index is 12.9. The normalized spacial score (nSPS) is 11.6. The summed E-state index contributed by atoms with van der Waals surface area (Å²) in [6, 6.07) is 7.44. The molecule has 1 N–H and O–H groups in total. The lowest BCUT2D eigenvalue weighted by atomic mass is 10.2. The Morgan fingerprint density at radius 1 is 1.24 bits per heavy atom. The van der Waals surface area contributed by atoms with Crippen molar-refractivity contribution < 1.29 is 22.7 Å². The van der Waals surface area contributed by atoms with Gasteiger partial charge in [-0.3, -0.25) is 4.79 Å². The summed E-state index contributed by atoms with van der Waals surface area (Å²) in [6.07, 6.45) is -3.21. The van der Waals surface area contributed by atoms with Crippen LogP contribution < -0.4 is 10.1 Å². The van der Waals surface area contributed by atoms with Crippen LogP contribution in [-0.4, -0.2) is 27.6 Å². The van der Waals surface area contributed by atoms with Crippen molar-refractivity contribution in [3.8, 4) is 5.88 Å². The first-order valence-electron chi connectivity index (χ1n) is 7.14. The number of aryl methyl sites for hydroxylation is 1. The number of methoxy groups -OCH3 is 1. The fourth-order valence-electron chi connectivity index (χ4n) is 2.37. The number of aromatic nitrogens is 3. The van der Waals surface area contributed by atoms with E-state index in [0.29, 0.717) is 17.1 Å². The Labute approximate surface area is 140 Å². The van der Waals surface area contributed by atoms with E-state index >= 15 is 0 Å². The standard InChI is InChI=1S/C16H13F3N4O2/c1-23-12-5-4-10(7-11(12)22-15(23)16(17,18)19)21-14(24)9-3-6-13(25-2)20-8-9/h3-8H,1-2H3,(H,21,24). The molecule has 0 aliphatic carbocycles. The highest BCUT2D eigenvalue weighted by Gasteiger charge is 2.36. The van der Waals surface area contributed by atoms with E-state index in [1.807, 2.05) is 0 Å². The van der Waals surface area contributed by atoms with E-state index in [0.717, 1.165) is 4.57 Å². The number of benzene rings is 1. The van der Waals surface area contributed by atoms with E-state index in [-0.39, 0.29) is 11.1 Å². The van der Waals surface area contributed by atoms with Gasteiger partial charge < -0.3 is 14.6 Å². The fraction of sp³-hybridized carbons (Fsp3) is 0.188. The number of amides is 1. The highest BCUT2D eigenvalue weighted by molar-refractivity contribution is 6.04. The van der Waals surface area contributed by atoms with Crippen LogP contribution in [0.5, 0.6) is 5.88 Å². The molecule has 2 heterocycles. The third kappa shape index (κ3) is 3.25. The second-order valence-electron chi connectivity index (χ2n) is 5.24. The molecule has 0 aliphatic heterocycles. The molecular weight excluding hydrogens is 337 g/mol. The highest BCUT2D eigenvalue weighted by Crippen LogP contribution is 2.31. The first-order chi connectivity index (χ1) is 11.8. The zero-order valence-electron chi connectivity index (χ0n) is 13.3. The Morgan fingerprint density at radius 2 is 2.00 bits per heavy atom. The van der Waals surface area contributed by atoms with E-state index < -0.39 is 17.9 Å². The average Bonchev–Trinajstić information content (AvgIpc) is 2.91. The van der Waals surface area contributed by atoms with Crippen LogP contribution >= 0.6 is 0 Å². The van der Waals surface area contributed by atoms with Crippen molar-refractivity contribution in [2.75, 3.05) is 12.4 Å². The van der Waals surface area contributed by atoms with Crippen LogP contribution in [0.25, 0.3) is 11.0 Å². The number of nitrogens with zero attached hydrogens (tertiary/aromatic N) is 3. The first kappa shape index (κ1) is 16.7. The van der Waals surface area contributed by atoms with Crippen molar-refractivity contribution in [1.82, 2.24) is 14.5 Å². The van der Waals surface area contributed by atoms with Crippen LogP contribution in [0.3, 0.4) is 0 Å². The smallest absolute Gasteiger partial charge is 0.449 e. The van der Waals surface area contributed by atoms with Crippen molar-refractivity contribution in [3.05, 3.63) is 47.9 Å². The number of carbonyl (C=O) groups excluding carboxylic acids is 1. The number of hydrogen-bond donors (Lipinski definition) is 1. The number of ether oxygens (including phenoxy) is 1. The number of imidazole rings is 1. The molecule has 2 aromatic heterocycles. The van der Waals surface area contributed by atoms with Crippen LogP contribution in [0.4, 0.5) is 18.9 Å². The third-order valence-corrected chi connectivity index (χ3v) is 3.60. The average molecular weight is 350 g/mol. The molecule has 3 aromatic rings. The van der Waals surface area contributed by atoms with Gasteiger partial charge in [-0.05, 0) is 24.3 Å². The molecule has 0 radical (unpaired) electrons. The number of anilines is 1. The molecule has 0 atom stereocenters. The molecule has 9 heteroatoms. The lowest BCUT2D eigenvalue weighted by Gasteiger charge is -2.06. The summed E-state index contributed by atoms with van der Waals surface area (Å²) in [5, 5.41) is 2.61. The van der Waals surface area contributed by atoms with Crippen molar-refractivity contribution >= 4 is 22.6 Å². The first-order valence-corrected chi connectivity index (χ1v) is 7.14. The summed E-state index contributed by atoms with van der Waals surface area (Å²) in [6.45, 7) is 0. The van der Waals surface area contributed by atoms with Gasteiger partial charge in [0.2, 0.25) is 11.7 Å². The predicted molar refractivity (Wildman–Crippen MR) is 84.5 cm³/mol. The van der Waals surface area contributed by atoms with E-state index in [4.69, 9.17) is 4.74 Å². The van der Waals surface area contributed by atoms with Gasteiger partial charge in [0.15, 0.2) is 0 Å². The molecule has 0 aliphatic rings. The second kappa shape index (κ2) is 6.08. The number of pyridine rings is 1. The number of rotatable bonds is 3. The number of nitrogens with one attached hydrogen (secondary N) is 1. The quantitative estimate of drug-likeness (QED) is 0.787. The number of fused-ring (bicyclic) bond motifs is 1. The van der Waals surface area contributed by atoms with Crippen molar-refractivity contribution in [2.24, 2.45) is 7.05 Å². The van der Waals surface area contributed by atoms with Gasteiger partial charge >= 0.3 is 6.18 Å². The zero-order chi connectivity index (χ0) is 18.2. The molecule has 0 saturated carbocycles. The maximum Gasteiger partial charge on any atom is 0.449 e. The molecule has 130 valence electrons. The minimum atomic E-state index is -4.55. The van der Waals surface area contributed by atoms with Crippen LogP contribution in [0.2, 0.25) is 0 Å². The van der Waals surface area contributed by atoms with E-state index in [1.54, 1.807) is 0 Å². The molecule has 0 spiro atoms. The largest absolute Gasteiger partial charge is 0.481 e. The predicted octanol–water partition coefficient (Wildman–Crippen LogP) is 3.25. The number of alkyl halides is 3. The van der Waals surface area contributed by atoms with E-state index in [9.17, 15) is 18.0 Å². The van der Waals surface area contributed by atoms with Crippen molar-refractivity contribution in [3.63, 3.8) is 0 Å². The maximum absolute atomic E-state index is 12.9. The van der Waals surface area contributed by atoms with Gasteiger partial charge in [-0.2, -0.15) is 13.2 Å². The minimum absolute atomic E-state index is 0.139. The molecule has 1 amide bonds. The molecule has 0 bridgehead atoms. The van der Waals surface area contributed by atoms with Crippen LogP contribution in [0.1, 0.15) is 16.2 Å². The molecule has 3 rings (SSSR count). The van der Waals surface area contributed by atoms with Gasteiger partial charge in [-0.1, -0.05) is 0 Å². The fourth-order valence-corrected chi connectivity index (χ4v) is 2.37. The Kier molecular flexibility index (Phi) is 4.07. The van der Waals surface area contributed by atoms with E-state index in [2.05, 4.69) is 15.3 Å². The van der Waals surface area contributed by atoms with Gasteiger partial charge in [-0.15, -0.1) is 0 Å². The summed E-state index contributed by atoms with van der Waals surface area (Å²) in [4.78, 5) is 19.7. The Hall–Kier alpha value is -3.10. The Morgan fingerprint density at radius 3 is 2.60 bits per heavy atom. The topological polar surface area (TPSA) is 69.0 Å². The minimum Gasteiger partial charge on any atom is -0.481 e. The molecule has 6 nitrogen and oxygen atoms in total. The van der Waals surface area contributed by atoms with Gasteiger partial charge in [0.25, 0.3) is 5.91 Å². The summed E-state index contributed by atoms with van der Waals surface area (Å²) >= 11 is 0. The summed E-state index contributed by atoms with van der Waals surface area (Å²) in [5.74, 6) is -1.07. The second-order valence-corrected chi connectivity index (χ2v) is 5.24. The summed E-state index contributed by atoms with van der Waals surface area (Å²) in [5.41, 5.74) is 1.08. The molecule has 25 heavy (non-hydrogen) atoms. The number of halogens is 3. The molecule has 0 saturated heterocycles. The van der Waals surface area contributed by atoms with Crippen molar-refractivity contribution in [2.45, 2.75) is 6.18 Å².